The maximum atomic E-state index is 12.8. The van der Waals surface area contributed by atoms with Crippen molar-refractivity contribution in [2.24, 2.45) is 0 Å². The number of unbranched alkanes of at least 4 members (excludes halogenated alkanes) is 22. The summed E-state index contributed by atoms with van der Waals surface area (Å²) < 4.78 is 33.4. The molecule has 0 aromatic carbocycles. The highest BCUT2D eigenvalue weighted by atomic mass is 31.2. The lowest BCUT2D eigenvalue weighted by molar-refractivity contribution is -0.220. The van der Waals surface area contributed by atoms with Gasteiger partial charge in [0.15, 0.2) is 6.10 Å². The summed E-state index contributed by atoms with van der Waals surface area (Å²) in [6, 6.07) is 0. The maximum absolute atomic E-state index is 12.8. The van der Waals surface area contributed by atoms with Crippen molar-refractivity contribution in [2.75, 3.05) is 13.2 Å². The number of phosphoric acid groups is 1. The molecule has 0 aliphatic heterocycles. The van der Waals surface area contributed by atoms with Crippen molar-refractivity contribution in [1.82, 2.24) is 0 Å². The number of hydrogen-bond acceptors (Lipinski definition) is 12. The molecular weight excluding hydrogens is 779 g/mol. The highest BCUT2D eigenvalue weighted by Crippen LogP contribution is 2.47. The van der Waals surface area contributed by atoms with E-state index in [-0.39, 0.29) is 12.8 Å². The van der Waals surface area contributed by atoms with Gasteiger partial charge in [0.25, 0.3) is 0 Å². The molecule has 0 spiro atoms. The summed E-state index contributed by atoms with van der Waals surface area (Å²) in [5, 5.41) is 50.1. The van der Waals surface area contributed by atoms with Crippen LogP contribution in [0.15, 0.2) is 24.3 Å². The zero-order valence-electron chi connectivity index (χ0n) is 36.6. The Morgan fingerprint density at radius 1 is 0.508 bits per heavy atom. The lowest BCUT2D eigenvalue weighted by Crippen LogP contribution is -2.64. The van der Waals surface area contributed by atoms with E-state index in [0.29, 0.717) is 12.8 Å². The molecule has 0 aromatic rings. The fourth-order valence-corrected chi connectivity index (χ4v) is 8.00. The second-order valence-corrected chi connectivity index (χ2v) is 17.7. The summed E-state index contributed by atoms with van der Waals surface area (Å²) >= 11 is 0. The molecule has 0 aromatic heterocycles. The van der Waals surface area contributed by atoms with Gasteiger partial charge in [0.1, 0.15) is 43.2 Å². The van der Waals surface area contributed by atoms with Crippen LogP contribution in [0.3, 0.4) is 0 Å². The molecule has 0 bridgehead atoms. The van der Waals surface area contributed by atoms with Gasteiger partial charge < -0.3 is 39.9 Å². The Hall–Kier alpha value is -1.67. The first-order valence-corrected chi connectivity index (χ1v) is 24.6. The molecule has 14 heteroatoms. The van der Waals surface area contributed by atoms with Gasteiger partial charge in [0.05, 0.1) is 6.61 Å². The maximum Gasteiger partial charge on any atom is 0.472 e. The quantitative estimate of drug-likeness (QED) is 0.0149. The molecule has 0 heterocycles. The average molecular weight is 863 g/mol. The van der Waals surface area contributed by atoms with Crippen LogP contribution in [0.4, 0.5) is 0 Å². The number of aliphatic hydroxyl groups excluding tert-OH is 5. The highest BCUT2D eigenvalue weighted by Gasteiger charge is 2.51. The molecule has 6 N–H and O–H groups in total. The minimum atomic E-state index is -5.13. The first-order chi connectivity index (χ1) is 28.4. The molecule has 59 heavy (non-hydrogen) atoms. The van der Waals surface area contributed by atoms with Crippen LogP contribution < -0.4 is 0 Å². The third-order valence-corrected chi connectivity index (χ3v) is 11.8. The van der Waals surface area contributed by atoms with Crippen molar-refractivity contribution < 1.29 is 63.1 Å². The van der Waals surface area contributed by atoms with Crippen LogP contribution in [0.2, 0.25) is 0 Å². The number of esters is 2. The molecule has 13 nitrogen and oxygen atoms in total. The van der Waals surface area contributed by atoms with Crippen molar-refractivity contribution in [3.63, 3.8) is 0 Å². The second kappa shape index (κ2) is 35.9. The molecule has 1 aliphatic carbocycles. The third-order valence-electron chi connectivity index (χ3n) is 10.8. The van der Waals surface area contributed by atoms with E-state index in [9.17, 15) is 44.6 Å². The summed E-state index contributed by atoms with van der Waals surface area (Å²) in [6.45, 7) is 3.24. The predicted molar refractivity (Wildman–Crippen MR) is 230 cm³/mol. The van der Waals surface area contributed by atoms with Crippen molar-refractivity contribution in [3.8, 4) is 0 Å². The molecule has 346 valence electrons. The Kier molecular flexibility index (Phi) is 33.7. The van der Waals surface area contributed by atoms with Gasteiger partial charge in [-0.3, -0.25) is 18.6 Å². The molecular formula is C45H83O13P. The van der Waals surface area contributed by atoms with Gasteiger partial charge in [0, 0.05) is 12.8 Å². The lowest BCUT2D eigenvalue weighted by Gasteiger charge is -2.41. The second-order valence-electron chi connectivity index (χ2n) is 16.3. The number of carbonyl (C=O) groups excluding carboxylic acids is 2. The van der Waals surface area contributed by atoms with Crippen molar-refractivity contribution in [3.05, 3.63) is 24.3 Å². The van der Waals surface area contributed by atoms with E-state index in [1.54, 1.807) is 0 Å². The van der Waals surface area contributed by atoms with Gasteiger partial charge in [0.2, 0.25) is 0 Å². The molecule has 1 aliphatic rings. The van der Waals surface area contributed by atoms with Crippen LogP contribution >= 0.6 is 7.82 Å². The van der Waals surface area contributed by atoms with Crippen LogP contribution in [-0.4, -0.2) is 98.3 Å². The molecule has 8 atom stereocenters. The van der Waals surface area contributed by atoms with Gasteiger partial charge in [-0.15, -0.1) is 0 Å². The van der Waals surface area contributed by atoms with Gasteiger partial charge in [-0.1, -0.05) is 167 Å². The molecule has 0 amide bonds. The van der Waals surface area contributed by atoms with E-state index in [0.717, 1.165) is 25.7 Å². The molecule has 4 unspecified atom stereocenters. The van der Waals surface area contributed by atoms with Crippen molar-refractivity contribution in [1.29, 1.82) is 0 Å². The first-order valence-electron chi connectivity index (χ1n) is 23.1. The Labute approximate surface area is 356 Å². The Morgan fingerprint density at radius 3 is 1.29 bits per heavy atom. The van der Waals surface area contributed by atoms with Crippen LogP contribution in [-0.2, 0) is 32.7 Å². The predicted octanol–water partition coefficient (Wildman–Crippen LogP) is 8.84. The average Bonchev–Trinajstić information content (AvgIpc) is 3.21. The molecule has 1 saturated carbocycles. The summed E-state index contributed by atoms with van der Waals surface area (Å²) in [6.07, 6.45) is 25.5. The van der Waals surface area contributed by atoms with Crippen molar-refractivity contribution >= 4 is 19.8 Å². The van der Waals surface area contributed by atoms with E-state index < -0.39 is 75.7 Å². The normalized spacial score (nSPS) is 22.5. The van der Waals surface area contributed by atoms with Gasteiger partial charge >= 0.3 is 19.8 Å². The summed E-state index contributed by atoms with van der Waals surface area (Å²) in [5.41, 5.74) is 0. The molecule has 0 saturated heterocycles. The summed E-state index contributed by atoms with van der Waals surface area (Å²) in [7, 11) is -5.13. The van der Waals surface area contributed by atoms with E-state index in [2.05, 4.69) is 19.9 Å². The van der Waals surface area contributed by atoms with Crippen LogP contribution in [0, 0.1) is 0 Å². The summed E-state index contributed by atoms with van der Waals surface area (Å²) in [5.74, 6) is -1.21. The summed E-state index contributed by atoms with van der Waals surface area (Å²) in [4.78, 5) is 35.6. The smallest absolute Gasteiger partial charge is 0.462 e. The largest absolute Gasteiger partial charge is 0.472 e. The monoisotopic (exact) mass is 863 g/mol. The van der Waals surface area contributed by atoms with Crippen LogP contribution in [0.25, 0.3) is 0 Å². The number of phosphoric ester groups is 1. The molecule has 0 radical (unpaired) electrons. The lowest BCUT2D eigenvalue weighted by atomic mass is 9.85. The number of aliphatic hydroxyl groups is 5. The first kappa shape index (κ1) is 55.3. The van der Waals surface area contributed by atoms with Gasteiger partial charge in [-0.2, -0.15) is 0 Å². The third kappa shape index (κ3) is 28.5. The zero-order valence-corrected chi connectivity index (χ0v) is 37.4. The van der Waals surface area contributed by atoms with Crippen molar-refractivity contribution in [2.45, 2.75) is 236 Å². The number of rotatable bonds is 38. The SMILES string of the molecule is CCCCCCCCCCCCC/C=C\CCC(=O)OCC(COP(=O)(O)OC1[C@H](O)[C@H](O)C(O)[C@H](O)[C@H]1O)OC(=O)CC/C=C\CCCCCCCCCCCCC. The van der Waals surface area contributed by atoms with Gasteiger partial charge in [-0.25, -0.2) is 4.57 Å². The van der Waals surface area contributed by atoms with E-state index >= 15 is 0 Å². The minimum Gasteiger partial charge on any atom is -0.462 e. The van der Waals surface area contributed by atoms with E-state index in [1.165, 1.54) is 128 Å². The fourth-order valence-electron chi connectivity index (χ4n) is 7.03. The minimum absolute atomic E-state index is 0.00890. The standard InChI is InChI=1S/C45H83O13P/c1-3-5-7-9-11-13-15-17-19-21-23-25-27-29-31-33-38(46)55-35-37(36-56-59(53,54)58-45-43(51)41(49)40(48)42(50)44(45)52)57-39(47)34-32-30-28-26-24-22-20-18-16-14-12-10-8-6-4-2/h27-30,37,40-45,48-52H,3-26,31-36H2,1-2H3,(H,53,54)/b29-27-,30-28-/t37?,40?,41-,42+,43-,44-,45?/m1/s1. The fraction of sp³-hybridized carbons (Fsp3) is 0.867. The number of ether oxygens (including phenoxy) is 2. The van der Waals surface area contributed by atoms with Crippen LogP contribution in [0.5, 0.6) is 0 Å². The molecule has 1 rings (SSSR count). The Balaban J connectivity index is 2.50. The van der Waals surface area contributed by atoms with E-state index in [4.69, 9.17) is 18.5 Å². The topological polar surface area (TPSA) is 210 Å². The molecule has 1 fully saturated rings. The highest BCUT2D eigenvalue weighted by molar-refractivity contribution is 7.47. The Morgan fingerprint density at radius 2 is 0.864 bits per heavy atom. The van der Waals surface area contributed by atoms with Gasteiger partial charge in [-0.05, 0) is 38.5 Å². The van der Waals surface area contributed by atoms with E-state index in [1.807, 2.05) is 18.2 Å². The zero-order chi connectivity index (χ0) is 43.6. The van der Waals surface area contributed by atoms with Crippen LogP contribution in [0.1, 0.15) is 194 Å². The number of carbonyl (C=O) groups is 2. The number of allylic oxidation sites excluding steroid dienone is 4. The Bertz CT molecular complexity index is 1130. The number of hydrogen-bond donors (Lipinski definition) is 6.